The van der Waals surface area contributed by atoms with Gasteiger partial charge in [-0.1, -0.05) is 0 Å². The summed E-state index contributed by atoms with van der Waals surface area (Å²) in [6, 6.07) is -0.379. The number of carbonyl (C=O) groups is 2. The molecule has 1 amide bonds. The molecule has 15 heavy (non-hydrogen) atoms. The van der Waals surface area contributed by atoms with E-state index in [2.05, 4.69) is 5.32 Å². The van der Waals surface area contributed by atoms with Gasteiger partial charge in [0.1, 0.15) is 11.8 Å². The molecule has 5 heteroatoms. The smallest absolute Gasteiger partial charge is 0.236 e. The summed E-state index contributed by atoms with van der Waals surface area (Å²) in [6.45, 7) is 2.14. The lowest BCUT2D eigenvalue weighted by molar-refractivity contribution is -0.129. The number of rotatable bonds is 2. The minimum Gasteiger partial charge on any atom is -0.368 e. The quantitative estimate of drug-likeness (QED) is 0.606. The lowest BCUT2D eigenvalue weighted by atomic mass is 10.1. The molecule has 2 atom stereocenters. The fourth-order valence-corrected chi connectivity index (χ4v) is 2.51. The second-order valence-corrected chi connectivity index (χ2v) is 4.23. The van der Waals surface area contributed by atoms with Gasteiger partial charge in [0.05, 0.1) is 6.04 Å². The summed E-state index contributed by atoms with van der Waals surface area (Å²) in [5, 5.41) is 3.13. The molecule has 3 N–H and O–H groups in total. The average Bonchev–Trinajstić information content (AvgIpc) is 2.64. The number of nitrogens with one attached hydrogen (secondary N) is 1. The number of carbonyl (C=O) groups excluding carboxylic acids is 2. The van der Waals surface area contributed by atoms with E-state index in [-0.39, 0.29) is 23.8 Å². The van der Waals surface area contributed by atoms with Crippen LogP contribution in [-0.4, -0.2) is 48.3 Å². The number of primary amides is 1. The number of piperazine rings is 1. The van der Waals surface area contributed by atoms with Crippen LogP contribution in [0.1, 0.15) is 19.3 Å². The van der Waals surface area contributed by atoms with Crippen molar-refractivity contribution in [2.75, 3.05) is 19.6 Å². The van der Waals surface area contributed by atoms with Gasteiger partial charge in [-0.2, -0.15) is 0 Å². The molecular weight excluding hydrogens is 194 g/mol. The van der Waals surface area contributed by atoms with Crippen LogP contribution in [0.2, 0.25) is 0 Å². The summed E-state index contributed by atoms with van der Waals surface area (Å²) >= 11 is 0. The van der Waals surface area contributed by atoms with Crippen molar-refractivity contribution in [2.24, 2.45) is 5.73 Å². The molecular formula is C10H17N3O2. The van der Waals surface area contributed by atoms with Crippen LogP contribution in [0.15, 0.2) is 0 Å². The summed E-state index contributed by atoms with van der Waals surface area (Å²) in [7, 11) is 0. The van der Waals surface area contributed by atoms with Gasteiger partial charge in [-0.15, -0.1) is 0 Å². The van der Waals surface area contributed by atoms with Gasteiger partial charge < -0.3 is 11.1 Å². The van der Waals surface area contributed by atoms with Gasteiger partial charge in [0.25, 0.3) is 0 Å². The van der Waals surface area contributed by atoms with E-state index in [0.29, 0.717) is 13.0 Å². The van der Waals surface area contributed by atoms with Crippen LogP contribution < -0.4 is 11.1 Å². The van der Waals surface area contributed by atoms with Crippen LogP contribution in [0.25, 0.3) is 0 Å². The largest absolute Gasteiger partial charge is 0.368 e. The van der Waals surface area contributed by atoms with E-state index in [1.807, 2.05) is 4.90 Å². The first kappa shape index (κ1) is 10.6. The number of Topliss-reactive ketones (excluding diaryl/α,β-unsaturated/α-hetero) is 1. The van der Waals surface area contributed by atoms with Crippen LogP contribution in [0.5, 0.6) is 0 Å². The third-order valence-corrected chi connectivity index (χ3v) is 3.29. The summed E-state index contributed by atoms with van der Waals surface area (Å²) in [6.07, 6.45) is 2.47. The Labute approximate surface area is 89.0 Å². The molecule has 2 rings (SSSR count). The molecule has 1 aliphatic carbocycles. The normalized spacial score (nSPS) is 33.2. The highest BCUT2D eigenvalue weighted by atomic mass is 16.2. The SMILES string of the molecule is NC(=O)C1CNCCN1[C@H]1CCCC1=O. The van der Waals surface area contributed by atoms with Crippen LogP contribution in [0, 0.1) is 0 Å². The summed E-state index contributed by atoms with van der Waals surface area (Å²) in [4.78, 5) is 24.9. The zero-order valence-electron chi connectivity index (χ0n) is 8.74. The van der Waals surface area contributed by atoms with Gasteiger partial charge in [0.2, 0.25) is 5.91 Å². The molecule has 0 aromatic carbocycles. The first-order valence-electron chi connectivity index (χ1n) is 5.48. The Hall–Kier alpha value is -0.940. The number of amides is 1. The highest BCUT2D eigenvalue weighted by molar-refractivity contribution is 5.87. The van der Waals surface area contributed by atoms with Crippen LogP contribution in [0.3, 0.4) is 0 Å². The van der Waals surface area contributed by atoms with Crippen molar-refractivity contribution in [2.45, 2.75) is 31.3 Å². The summed E-state index contributed by atoms with van der Waals surface area (Å²) in [5.41, 5.74) is 5.34. The van der Waals surface area contributed by atoms with Gasteiger partial charge in [-0.05, 0) is 12.8 Å². The first-order chi connectivity index (χ1) is 7.20. The van der Waals surface area contributed by atoms with E-state index in [4.69, 9.17) is 5.73 Å². The molecule has 2 fully saturated rings. The second kappa shape index (κ2) is 4.28. The van der Waals surface area contributed by atoms with Gasteiger partial charge in [-0.25, -0.2) is 0 Å². The van der Waals surface area contributed by atoms with Crippen molar-refractivity contribution >= 4 is 11.7 Å². The molecule has 1 unspecified atom stereocenters. The van der Waals surface area contributed by atoms with E-state index in [1.165, 1.54) is 0 Å². The minimum atomic E-state index is -0.332. The van der Waals surface area contributed by atoms with Gasteiger partial charge in [0.15, 0.2) is 0 Å². The maximum Gasteiger partial charge on any atom is 0.236 e. The van der Waals surface area contributed by atoms with Gasteiger partial charge >= 0.3 is 0 Å². The van der Waals surface area contributed by atoms with Gasteiger partial charge in [-0.3, -0.25) is 14.5 Å². The molecule has 84 valence electrons. The number of hydrogen-bond acceptors (Lipinski definition) is 4. The Bertz CT molecular complexity index is 278. The lowest BCUT2D eigenvalue weighted by Crippen LogP contribution is -2.60. The first-order valence-corrected chi connectivity index (χ1v) is 5.48. The lowest BCUT2D eigenvalue weighted by Gasteiger charge is -2.37. The molecule has 0 spiro atoms. The molecule has 2 aliphatic rings. The fourth-order valence-electron chi connectivity index (χ4n) is 2.51. The van der Waals surface area contributed by atoms with Crippen LogP contribution in [0.4, 0.5) is 0 Å². The Morgan fingerprint density at radius 2 is 2.33 bits per heavy atom. The number of nitrogens with two attached hydrogens (primary N) is 1. The standard InChI is InChI=1S/C10H17N3O2/c11-10(15)8-6-12-4-5-13(8)7-2-1-3-9(7)14/h7-8,12H,1-6H2,(H2,11,15)/t7-,8?/m0/s1. The Morgan fingerprint density at radius 1 is 1.53 bits per heavy atom. The van der Waals surface area contributed by atoms with E-state index in [0.717, 1.165) is 25.9 Å². The fraction of sp³-hybridized carbons (Fsp3) is 0.800. The molecule has 0 bridgehead atoms. The molecule has 5 nitrogen and oxygen atoms in total. The minimum absolute atomic E-state index is 0.0652. The van der Waals surface area contributed by atoms with E-state index >= 15 is 0 Å². The van der Waals surface area contributed by atoms with E-state index in [9.17, 15) is 9.59 Å². The van der Waals surface area contributed by atoms with Crippen LogP contribution in [-0.2, 0) is 9.59 Å². The number of nitrogens with zero attached hydrogens (tertiary/aromatic N) is 1. The van der Waals surface area contributed by atoms with Crippen molar-refractivity contribution in [1.29, 1.82) is 0 Å². The van der Waals surface area contributed by atoms with E-state index < -0.39 is 0 Å². The van der Waals surface area contributed by atoms with Crippen LogP contribution >= 0.6 is 0 Å². The predicted molar refractivity (Wildman–Crippen MR) is 55.2 cm³/mol. The maximum absolute atomic E-state index is 11.6. The Morgan fingerprint density at radius 3 is 2.93 bits per heavy atom. The monoisotopic (exact) mass is 211 g/mol. The number of ketones is 1. The summed E-state index contributed by atoms with van der Waals surface area (Å²) < 4.78 is 0. The van der Waals surface area contributed by atoms with Crippen molar-refractivity contribution in [3.8, 4) is 0 Å². The molecule has 1 saturated heterocycles. The van der Waals surface area contributed by atoms with Crippen molar-refractivity contribution in [1.82, 2.24) is 10.2 Å². The molecule has 1 aliphatic heterocycles. The van der Waals surface area contributed by atoms with E-state index in [1.54, 1.807) is 0 Å². The molecule has 1 saturated carbocycles. The van der Waals surface area contributed by atoms with Crippen molar-refractivity contribution in [3.05, 3.63) is 0 Å². The highest BCUT2D eigenvalue weighted by Gasteiger charge is 2.37. The molecule has 0 aromatic rings. The zero-order chi connectivity index (χ0) is 10.8. The second-order valence-electron chi connectivity index (χ2n) is 4.23. The topological polar surface area (TPSA) is 75.4 Å². The molecule has 0 radical (unpaired) electrons. The predicted octanol–water partition coefficient (Wildman–Crippen LogP) is -1.13. The highest BCUT2D eigenvalue weighted by Crippen LogP contribution is 2.22. The number of hydrogen-bond donors (Lipinski definition) is 2. The van der Waals surface area contributed by atoms with Crippen molar-refractivity contribution < 1.29 is 9.59 Å². The maximum atomic E-state index is 11.6. The van der Waals surface area contributed by atoms with Crippen molar-refractivity contribution in [3.63, 3.8) is 0 Å². The Balaban J connectivity index is 2.10. The summed E-state index contributed by atoms with van der Waals surface area (Å²) in [5.74, 6) is -0.0648. The van der Waals surface area contributed by atoms with Gasteiger partial charge in [0, 0.05) is 26.1 Å². The zero-order valence-corrected chi connectivity index (χ0v) is 8.74. The Kier molecular flexibility index (Phi) is 3.02. The average molecular weight is 211 g/mol. The third-order valence-electron chi connectivity index (χ3n) is 3.29. The third kappa shape index (κ3) is 2.03. The molecule has 1 heterocycles. The molecule has 0 aromatic heterocycles.